The minimum absolute atomic E-state index is 0.0898. The number of amides is 2. The van der Waals surface area contributed by atoms with E-state index in [-0.39, 0.29) is 18.4 Å². The van der Waals surface area contributed by atoms with Crippen LogP contribution >= 0.6 is 0 Å². The standard InChI is InChI=1S/C14H21N3O2/c1-4-10(2)16-9-13(18)17-12-7-5-11(6-8-12)14(19)15-3/h5-8,10,16H,4,9H2,1-3H3,(H,15,19)(H,17,18). The topological polar surface area (TPSA) is 70.2 Å². The van der Waals surface area contributed by atoms with E-state index >= 15 is 0 Å². The average Bonchev–Trinajstić information content (AvgIpc) is 2.44. The monoisotopic (exact) mass is 263 g/mol. The van der Waals surface area contributed by atoms with Crippen molar-refractivity contribution < 1.29 is 9.59 Å². The van der Waals surface area contributed by atoms with Crippen LogP contribution in [-0.2, 0) is 4.79 Å². The number of nitrogens with one attached hydrogen (secondary N) is 3. The van der Waals surface area contributed by atoms with Crippen LogP contribution < -0.4 is 16.0 Å². The van der Waals surface area contributed by atoms with Gasteiger partial charge in [-0.2, -0.15) is 0 Å². The van der Waals surface area contributed by atoms with Crippen LogP contribution in [0.1, 0.15) is 30.6 Å². The van der Waals surface area contributed by atoms with Crippen molar-refractivity contribution in [3.05, 3.63) is 29.8 Å². The van der Waals surface area contributed by atoms with Gasteiger partial charge >= 0.3 is 0 Å². The third kappa shape index (κ3) is 5.09. The van der Waals surface area contributed by atoms with Gasteiger partial charge in [0.05, 0.1) is 6.54 Å². The average molecular weight is 263 g/mol. The molecule has 0 aliphatic rings. The van der Waals surface area contributed by atoms with Gasteiger partial charge in [-0.1, -0.05) is 6.92 Å². The summed E-state index contributed by atoms with van der Waals surface area (Å²) in [6.07, 6.45) is 0.980. The lowest BCUT2D eigenvalue weighted by Crippen LogP contribution is -2.33. The SMILES string of the molecule is CCC(C)NCC(=O)Nc1ccc(C(=O)NC)cc1. The molecule has 0 aromatic heterocycles. The van der Waals surface area contributed by atoms with Crippen LogP contribution in [0.25, 0.3) is 0 Å². The number of carbonyl (C=O) groups excluding carboxylic acids is 2. The van der Waals surface area contributed by atoms with Crippen molar-refractivity contribution >= 4 is 17.5 Å². The second-order valence-corrected chi connectivity index (χ2v) is 4.39. The predicted octanol–water partition coefficient (Wildman–Crippen LogP) is 1.37. The molecular weight excluding hydrogens is 242 g/mol. The summed E-state index contributed by atoms with van der Waals surface area (Å²) in [4.78, 5) is 23.0. The molecular formula is C14H21N3O2. The Morgan fingerprint density at radius 2 is 1.84 bits per heavy atom. The van der Waals surface area contributed by atoms with Crippen molar-refractivity contribution in [3.8, 4) is 0 Å². The minimum Gasteiger partial charge on any atom is -0.355 e. The summed E-state index contributed by atoms with van der Waals surface area (Å²) in [7, 11) is 1.58. The van der Waals surface area contributed by atoms with Crippen molar-refractivity contribution in [2.75, 3.05) is 18.9 Å². The number of hydrogen-bond acceptors (Lipinski definition) is 3. The first-order chi connectivity index (χ1) is 9.06. The molecule has 0 aliphatic carbocycles. The Bertz CT molecular complexity index is 429. The quantitative estimate of drug-likeness (QED) is 0.726. The molecule has 0 aliphatic heterocycles. The Hall–Kier alpha value is -1.88. The molecule has 1 rings (SSSR count). The second-order valence-electron chi connectivity index (χ2n) is 4.39. The molecule has 0 saturated carbocycles. The van der Waals surface area contributed by atoms with Gasteiger partial charge in [0.2, 0.25) is 5.91 Å². The van der Waals surface area contributed by atoms with E-state index in [1.807, 2.05) is 6.92 Å². The van der Waals surface area contributed by atoms with Gasteiger partial charge in [-0.3, -0.25) is 9.59 Å². The summed E-state index contributed by atoms with van der Waals surface area (Å²) in [6.45, 7) is 4.38. The van der Waals surface area contributed by atoms with E-state index in [0.29, 0.717) is 17.3 Å². The summed E-state index contributed by atoms with van der Waals surface area (Å²) >= 11 is 0. The van der Waals surface area contributed by atoms with Gasteiger partial charge in [-0.15, -0.1) is 0 Å². The molecule has 0 bridgehead atoms. The van der Waals surface area contributed by atoms with Crippen LogP contribution in [-0.4, -0.2) is 31.4 Å². The van der Waals surface area contributed by atoms with E-state index in [1.54, 1.807) is 31.3 Å². The van der Waals surface area contributed by atoms with E-state index in [1.165, 1.54) is 0 Å². The molecule has 3 N–H and O–H groups in total. The highest BCUT2D eigenvalue weighted by Crippen LogP contribution is 2.09. The zero-order valence-corrected chi connectivity index (χ0v) is 11.6. The molecule has 1 aromatic rings. The van der Waals surface area contributed by atoms with Crippen molar-refractivity contribution in [2.24, 2.45) is 0 Å². The Kier molecular flexibility index (Phi) is 6.02. The summed E-state index contributed by atoms with van der Waals surface area (Å²) in [6, 6.07) is 7.10. The molecule has 2 amide bonds. The highest BCUT2D eigenvalue weighted by atomic mass is 16.2. The third-order valence-corrected chi connectivity index (χ3v) is 2.88. The molecule has 1 atom stereocenters. The molecule has 1 unspecified atom stereocenters. The lowest BCUT2D eigenvalue weighted by atomic mass is 10.2. The van der Waals surface area contributed by atoms with Crippen LogP contribution in [0.15, 0.2) is 24.3 Å². The molecule has 104 valence electrons. The van der Waals surface area contributed by atoms with Crippen LogP contribution in [0.3, 0.4) is 0 Å². The minimum atomic E-state index is -0.142. The highest BCUT2D eigenvalue weighted by Gasteiger charge is 2.06. The molecule has 19 heavy (non-hydrogen) atoms. The number of hydrogen-bond donors (Lipinski definition) is 3. The van der Waals surface area contributed by atoms with Crippen LogP contribution in [0.5, 0.6) is 0 Å². The smallest absolute Gasteiger partial charge is 0.251 e. The normalized spacial score (nSPS) is 11.7. The number of benzene rings is 1. The maximum absolute atomic E-state index is 11.7. The summed E-state index contributed by atoms with van der Waals surface area (Å²) in [5, 5.41) is 8.43. The van der Waals surface area contributed by atoms with Gasteiger partial charge in [0.25, 0.3) is 5.91 Å². The molecule has 5 heteroatoms. The lowest BCUT2D eigenvalue weighted by molar-refractivity contribution is -0.115. The maximum atomic E-state index is 11.7. The second kappa shape index (κ2) is 7.53. The largest absolute Gasteiger partial charge is 0.355 e. The van der Waals surface area contributed by atoms with Crippen molar-refractivity contribution in [3.63, 3.8) is 0 Å². The Morgan fingerprint density at radius 1 is 1.21 bits per heavy atom. The van der Waals surface area contributed by atoms with Gasteiger partial charge in [-0.05, 0) is 37.6 Å². The third-order valence-electron chi connectivity index (χ3n) is 2.88. The van der Waals surface area contributed by atoms with Gasteiger partial charge < -0.3 is 16.0 Å². The van der Waals surface area contributed by atoms with Gasteiger partial charge in [0, 0.05) is 24.3 Å². The predicted molar refractivity (Wildman–Crippen MR) is 76.2 cm³/mol. The first kappa shape index (κ1) is 15.2. The van der Waals surface area contributed by atoms with Gasteiger partial charge in [0.15, 0.2) is 0 Å². The summed E-state index contributed by atoms with van der Waals surface area (Å²) in [5.41, 5.74) is 1.25. The van der Waals surface area contributed by atoms with Crippen LogP contribution in [0, 0.1) is 0 Å². The Labute approximate surface area is 113 Å². The lowest BCUT2D eigenvalue weighted by Gasteiger charge is -2.11. The summed E-state index contributed by atoms with van der Waals surface area (Å²) < 4.78 is 0. The number of carbonyl (C=O) groups is 2. The van der Waals surface area contributed by atoms with Gasteiger partial charge in [0.1, 0.15) is 0 Å². The van der Waals surface area contributed by atoms with Crippen molar-refractivity contribution in [1.29, 1.82) is 0 Å². The molecule has 0 saturated heterocycles. The molecule has 0 heterocycles. The van der Waals surface area contributed by atoms with Crippen molar-refractivity contribution in [2.45, 2.75) is 26.3 Å². The Balaban J connectivity index is 2.49. The van der Waals surface area contributed by atoms with E-state index in [9.17, 15) is 9.59 Å². The zero-order valence-electron chi connectivity index (χ0n) is 11.6. The van der Waals surface area contributed by atoms with Crippen molar-refractivity contribution in [1.82, 2.24) is 10.6 Å². The summed E-state index contributed by atoms with van der Waals surface area (Å²) in [5.74, 6) is -0.232. The van der Waals surface area contributed by atoms with Crippen LogP contribution in [0.2, 0.25) is 0 Å². The van der Waals surface area contributed by atoms with E-state index in [0.717, 1.165) is 6.42 Å². The van der Waals surface area contributed by atoms with E-state index < -0.39 is 0 Å². The van der Waals surface area contributed by atoms with Crippen LogP contribution in [0.4, 0.5) is 5.69 Å². The fraction of sp³-hybridized carbons (Fsp3) is 0.429. The maximum Gasteiger partial charge on any atom is 0.251 e. The van der Waals surface area contributed by atoms with E-state index in [4.69, 9.17) is 0 Å². The Morgan fingerprint density at radius 3 is 2.37 bits per heavy atom. The number of anilines is 1. The fourth-order valence-electron chi connectivity index (χ4n) is 1.47. The molecule has 0 fully saturated rings. The highest BCUT2D eigenvalue weighted by molar-refractivity contribution is 5.96. The molecule has 5 nitrogen and oxygen atoms in total. The number of rotatable bonds is 6. The van der Waals surface area contributed by atoms with E-state index in [2.05, 4.69) is 22.9 Å². The van der Waals surface area contributed by atoms with Gasteiger partial charge in [-0.25, -0.2) is 0 Å². The molecule has 0 spiro atoms. The fourth-order valence-corrected chi connectivity index (χ4v) is 1.47. The molecule has 0 radical (unpaired) electrons. The molecule has 1 aromatic carbocycles. The first-order valence-electron chi connectivity index (χ1n) is 6.42. The first-order valence-corrected chi connectivity index (χ1v) is 6.42. The zero-order chi connectivity index (χ0) is 14.3.